The molecule has 0 aromatic heterocycles. The Bertz CT molecular complexity index is 417. The van der Waals surface area contributed by atoms with E-state index in [0.29, 0.717) is 6.04 Å². The van der Waals surface area contributed by atoms with E-state index in [2.05, 4.69) is 36.3 Å². The van der Waals surface area contributed by atoms with Gasteiger partial charge in [0.15, 0.2) is 0 Å². The molecular weight excluding hydrogens is 224 g/mol. The van der Waals surface area contributed by atoms with E-state index in [1.54, 1.807) is 7.11 Å². The van der Waals surface area contributed by atoms with E-state index in [9.17, 15) is 0 Å². The normalized spacial score (nSPS) is 19.7. The molecule has 1 aromatic rings. The zero-order valence-corrected chi connectivity index (χ0v) is 11.9. The molecule has 0 aliphatic carbocycles. The maximum absolute atomic E-state index is 5.53. The zero-order valence-electron chi connectivity index (χ0n) is 11.9. The first kappa shape index (κ1) is 13.4. The number of benzene rings is 1. The summed E-state index contributed by atoms with van der Waals surface area (Å²) in [5.41, 5.74) is 4.20. The highest BCUT2D eigenvalue weighted by molar-refractivity contribution is 5.45. The summed E-state index contributed by atoms with van der Waals surface area (Å²) in [5.74, 6) is 1.01. The molecule has 0 radical (unpaired) electrons. The van der Waals surface area contributed by atoms with Crippen molar-refractivity contribution in [1.29, 1.82) is 0 Å². The molecular formula is C15H24N2O. The summed E-state index contributed by atoms with van der Waals surface area (Å²) in [7, 11) is 5.95. The highest BCUT2D eigenvalue weighted by Crippen LogP contribution is 2.35. The fourth-order valence-corrected chi connectivity index (χ4v) is 2.96. The highest BCUT2D eigenvalue weighted by Gasteiger charge is 2.24. The van der Waals surface area contributed by atoms with Crippen LogP contribution in [0.25, 0.3) is 0 Å². The van der Waals surface area contributed by atoms with Crippen LogP contribution in [0.2, 0.25) is 0 Å². The molecule has 0 fully saturated rings. The second-order valence-electron chi connectivity index (χ2n) is 5.05. The van der Waals surface area contributed by atoms with E-state index >= 15 is 0 Å². The lowest BCUT2D eigenvalue weighted by Crippen LogP contribution is -2.32. The SMILES string of the molecule is CCC1c2cc(OC)c(CNC)cc2CCN1C. The molecule has 2 rings (SSSR count). The lowest BCUT2D eigenvalue weighted by molar-refractivity contribution is 0.224. The van der Waals surface area contributed by atoms with Crippen molar-refractivity contribution in [1.82, 2.24) is 10.2 Å². The Morgan fingerprint density at radius 3 is 2.83 bits per heavy atom. The average Bonchev–Trinajstić information content (AvgIpc) is 2.38. The van der Waals surface area contributed by atoms with Crippen LogP contribution >= 0.6 is 0 Å². The fraction of sp³-hybridized carbons (Fsp3) is 0.600. The lowest BCUT2D eigenvalue weighted by atomic mass is 9.89. The Balaban J connectivity index is 2.44. The maximum atomic E-state index is 5.53. The summed E-state index contributed by atoms with van der Waals surface area (Å²) in [6.07, 6.45) is 2.29. The molecule has 1 unspecified atom stereocenters. The van der Waals surface area contributed by atoms with Crippen molar-refractivity contribution >= 4 is 0 Å². The Hall–Kier alpha value is -1.06. The molecule has 1 aliphatic heterocycles. The third kappa shape index (κ3) is 2.38. The van der Waals surface area contributed by atoms with Crippen LogP contribution < -0.4 is 10.1 Å². The van der Waals surface area contributed by atoms with Crippen molar-refractivity contribution < 1.29 is 4.74 Å². The number of methoxy groups -OCH3 is 1. The number of ether oxygens (including phenoxy) is 1. The van der Waals surface area contributed by atoms with Crippen LogP contribution in [-0.2, 0) is 13.0 Å². The Kier molecular flexibility index (Phi) is 4.25. The Morgan fingerprint density at radius 2 is 2.22 bits per heavy atom. The van der Waals surface area contributed by atoms with Gasteiger partial charge in [0.2, 0.25) is 0 Å². The minimum atomic E-state index is 0.534. The first-order valence-electron chi connectivity index (χ1n) is 6.75. The van der Waals surface area contributed by atoms with Crippen molar-refractivity contribution in [3.8, 4) is 5.75 Å². The molecule has 1 heterocycles. The largest absolute Gasteiger partial charge is 0.496 e. The van der Waals surface area contributed by atoms with Crippen molar-refractivity contribution in [3.63, 3.8) is 0 Å². The number of likely N-dealkylation sites (N-methyl/N-ethyl adjacent to an activating group) is 1. The number of fused-ring (bicyclic) bond motifs is 1. The van der Waals surface area contributed by atoms with Crippen LogP contribution in [-0.4, -0.2) is 32.6 Å². The van der Waals surface area contributed by atoms with E-state index < -0.39 is 0 Å². The van der Waals surface area contributed by atoms with Crippen molar-refractivity contribution in [2.75, 3.05) is 27.7 Å². The van der Waals surface area contributed by atoms with Crippen molar-refractivity contribution in [2.45, 2.75) is 32.4 Å². The second kappa shape index (κ2) is 5.72. The van der Waals surface area contributed by atoms with Crippen LogP contribution in [0.3, 0.4) is 0 Å². The van der Waals surface area contributed by atoms with E-state index in [4.69, 9.17) is 4.74 Å². The minimum Gasteiger partial charge on any atom is -0.496 e. The zero-order chi connectivity index (χ0) is 13.1. The standard InChI is InChI=1S/C15H24N2O/c1-5-14-13-9-15(18-4)12(10-16-2)8-11(13)6-7-17(14)3/h8-9,14,16H,5-7,10H2,1-4H3. The van der Waals surface area contributed by atoms with Gasteiger partial charge in [-0.15, -0.1) is 0 Å². The van der Waals surface area contributed by atoms with Gasteiger partial charge in [-0.1, -0.05) is 13.0 Å². The average molecular weight is 248 g/mol. The predicted octanol–water partition coefficient (Wildman–Crippen LogP) is 2.35. The predicted molar refractivity (Wildman–Crippen MR) is 75.1 cm³/mol. The lowest BCUT2D eigenvalue weighted by Gasteiger charge is -2.34. The summed E-state index contributed by atoms with van der Waals surface area (Å²) < 4.78 is 5.53. The molecule has 0 spiro atoms. The van der Waals surface area contributed by atoms with Gasteiger partial charge in [-0.25, -0.2) is 0 Å². The Morgan fingerprint density at radius 1 is 1.44 bits per heavy atom. The molecule has 1 atom stereocenters. The smallest absolute Gasteiger partial charge is 0.123 e. The topological polar surface area (TPSA) is 24.5 Å². The molecule has 3 nitrogen and oxygen atoms in total. The van der Waals surface area contributed by atoms with Crippen LogP contribution in [0.15, 0.2) is 12.1 Å². The molecule has 18 heavy (non-hydrogen) atoms. The van der Waals surface area contributed by atoms with Gasteiger partial charge in [0, 0.05) is 24.7 Å². The van der Waals surface area contributed by atoms with Crippen LogP contribution in [0.5, 0.6) is 5.75 Å². The van der Waals surface area contributed by atoms with Gasteiger partial charge in [0.1, 0.15) is 5.75 Å². The molecule has 0 bridgehead atoms. The highest BCUT2D eigenvalue weighted by atomic mass is 16.5. The summed E-state index contributed by atoms with van der Waals surface area (Å²) in [4.78, 5) is 2.44. The summed E-state index contributed by atoms with van der Waals surface area (Å²) in [6.45, 7) is 4.27. The van der Waals surface area contributed by atoms with Gasteiger partial charge in [-0.3, -0.25) is 4.90 Å². The number of rotatable bonds is 4. The summed E-state index contributed by atoms with van der Waals surface area (Å²) in [6, 6.07) is 5.10. The quantitative estimate of drug-likeness (QED) is 0.885. The van der Waals surface area contributed by atoms with E-state index in [0.717, 1.165) is 31.7 Å². The van der Waals surface area contributed by atoms with E-state index in [-0.39, 0.29) is 0 Å². The van der Waals surface area contributed by atoms with Crippen molar-refractivity contribution in [3.05, 3.63) is 28.8 Å². The van der Waals surface area contributed by atoms with Gasteiger partial charge in [-0.2, -0.15) is 0 Å². The van der Waals surface area contributed by atoms with Gasteiger partial charge in [-0.05, 0) is 44.1 Å². The molecule has 0 amide bonds. The van der Waals surface area contributed by atoms with E-state index in [1.807, 2.05) is 7.05 Å². The number of hydrogen-bond acceptors (Lipinski definition) is 3. The maximum Gasteiger partial charge on any atom is 0.123 e. The van der Waals surface area contributed by atoms with Gasteiger partial charge in [0.25, 0.3) is 0 Å². The van der Waals surface area contributed by atoms with Crippen LogP contribution in [0.4, 0.5) is 0 Å². The van der Waals surface area contributed by atoms with Gasteiger partial charge in [0.05, 0.1) is 7.11 Å². The first-order valence-corrected chi connectivity index (χ1v) is 6.75. The number of nitrogens with zero attached hydrogens (tertiary/aromatic N) is 1. The second-order valence-corrected chi connectivity index (χ2v) is 5.05. The minimum absolute atomic E-state index is 0.534. The Labute approximate surface area is 110 Å². The fourth-order valence-electron chi connectivity index (χ4n) is 2.96. The third-order valence-corrected chi connectivity index (χ3v) is 3.92. The molecule has 100 valence electrons. The van der Waals surface area contributed by atoms with E-state index in [1.165, 1.54) is 16.7 Å². The van der Waals surface area contributed by atoms with Crippen molar-refractivity contribution in [2.24, 2.45) is 0 Å². The molecule has 0 saturated heterocycles. The van der Waals surface area contributed by atoms with Gasteiger partial charge < -0.3 is 10.1 Å². The molecule has 3 heteroatoms. The molecule has 1 aliphatic rings. The monoisotopic (exact) mass is 248 g/mol. The number of hydrogen-bond donors (Lipinski definition) is 1. The van der Waals surface area contributed by atoms with Gasteiger partial charge >= 0.3 is 0 Å². The van der Waals surface area contributed by atoms with Crippen LogP contribution in [0, 0.1) is 0 Å². The number of nitrogens with one attached hydrogen (secondary N) is 1. The molecule has 1 aromatic carbocycles. The third-order valence-electron chi connectivity index (χ3n) is 3.92. The summed E-state index contributed by atoms with van der Waals surface area (Å²) >= 11 is 0. The van der Waals surface area contributed by atoms with Crippen LogP contribution in [0.1, 0.15) is 36.1 Å². The first-order chi connectivity index (χ1) is 8.71. The molecule has 0 saturated carbocycles. The summed E-state index contributed by atoms with van der Waals surface area (Å²) in [5, 5.41) is 3.21. The molecule has 1 N–H and O–H groups in total.